The average molecular weight is 230 g/mol. The number of amides is 1. The van der Waals surface area contributed by atoms with E-state index >= 15 is 0 Å². The highest BCUT2D eigenvalue weighted by Crippen LogP contribution is 2.33. The minimum Gasteiger partial charge on any atom is -0.366 e. The van der Waals surface area contributed by atoms with E-state index in [-0.39, 0.29) is 0 Å². The summed E-state index contributed by atoms with van der Waals surface area (Å²) >= 11 is 0. The molecule has 3 nitrogen and oxygen atoms in total. The van der Waals surface area contributed by atoms with Crippen LogP contribution in [0, 0.1) is 0 Å². The molecule has 0 bridgehead atoms. The fourth-order valence-corrected chi connectivity index (χ4v) is 3.03. The number of fused-ring (bicyclic) bond motifs is 3. The van der Waals surface area contributed by atoms with Crippen LogP contribution < -0.4 is 4.90 Å². The molecule has 1 unspecified atom stereocenters. The van der Waals surface area contributed by atoms with Gasteiger partial charge in [-0.25, -0.2) is 0 Å². The van der Waals surface area contributed by atoms with Crippen molar-refractivity contribution in [3.8, 4) is 0 Å². The lowest BCUT2D eigenvalue weighted by molar-refractivity contribution is -0.130. The molecular formula is C14H18N2O. The van der Waals surface area contributed by atoms with Gasteiger partial charge in [-0.15, -0.1) is 0 Å². The van der Waals surface area contributed by atoms with E-state index < -0.39 is 0 Å². The van der Waals surface area contributed by atoms with Gasteiger partial charge in [0.05, 0.1) is 6.04 Å². The van der Waals surface area contributed by atoms with E-state index in [0.717, 1.165) is 26.1 Å². The zero-order valence-electron chi connectivity index (χ0n) is 10.2. The van der Waals surface area contributed by atoms with E-state index in [4.69, 9.17) is 0 Å². The highest BCUT2D eigenvalue weighted by molar-refractivity contribution is 5.78. The van der Waals surface area contributed by atoms with Gasteiger partial charge in [0.25, 0.3) is 0 Å². The molecule has 0 spiro atoms. The van der Waals surface area contributed by atoms with Crippen LogP contribution in [0.3, 0.4) is 0 Å². The lowest BCUT2D eigenvalue weighted by atomic mass is 10.1. The molecule has 2 heterocycles. The predicted octanol–water partition coefficient (Wildman–Crippen LogP) is 1.67. The molecule has 0 N–H and O–H groups in total. The van der Waals surface area contributed by atoms with Crippen molar-refractivity contribution < 1.29 is 4.79 Å². The quantitative estimate of drug-likeness (QED) is 0.732. The van der Waals surface area contributed by atoms with Crippen LogP contribution in [0.15, 0.2) is 24.3 Å². The molecule has 90 valence electrons. The van der Waals surface area contributed by atoms with Crippen LogP contribution >= 0.6 is 0 Å². The van der Waals surface area contributed by atoms with Crippen LogP contribution in [-0.2, 0) is 11.2 Å². The Balaban J connectivity index is 1.90. The Kier molecular flexibility index (Phi) is 2.54. The first-order chi connectivity index (χ1) is 8.29. The number of hydrogen-bond donors (Lipinski definition) is 0. The summed E-state index contributed by atoms with van der Waals surface area (Å²) < 4.78 is 0. The molecule has 3 rings (SSSR count). The Morgan fingerprint density at radius 1 is 1.35 bits per heavy atom. The Hall–Kier alpha value is -1.51. The van der Waals surface area contributed by atoms with Crippen molar-refractivity contribution in [2.24, 2.45) is 0 Å². The van der Waals surface area contributed by atoms with Gasteiger partial charge in [0.2, 0.25) is 5.91 Å². The van der Waals surface area contributed by atoms with Gasteiger partial charge >= 0.3 is 0 Å². The third-order valence-electron chi connectivity index (χ3n) is 3.93. The third kappa shape index (κ3) is 1.70. The van der Waals surface area contributed by atoms with Crippen LogP contribution in [-0.4, -0.2) is 36.5 Å². The van der Waals surface area contributed by atoms with Gasteiger partial charge in [-0.1, -0.05) is 18.2 Å². The average Bonchev–Trinajstić information content (AvgIpc) is 2.62. The molecule has 2 aliphatic heterocycles. The topological polar surface area (TPSA) is 23.6 Å². The molecule has 0 saturated carbocycles. The van der Waals surface area contributed by atoms with Crippen molar-refractivity contribution in [3.63, 3.8) is 0 Å². The molecule has 17 heavy (non-hydrogen) atoms. The molecule has 1 amide bonds. The van der Waals surface area contributed by atoms with Crippen molar-refractivity contribution in [3.05, 3.63) is 29.8 Å². The van der Waals surface area contributed by atoms with Crippen molar-refractivity contribution in [1.82, 2.24) is 4.90 Å². The lowest BCUT2D eigenvalue weighted by Gasteiger charge is -2.26. The Morgan fingerprint density at radius 3 is 3.00 bits per heavy atom. The first-order valence-electron chi connectivity index (χ1n) is 6.42. The Labute approximate surface area is 102 Å². The molecule has 0 aromatic heterocycles. The maximum Gasteiger partial charge on any atom is 0.224 e. The molecule has 1 fully saturated rings. The van der Waals surface area contributed by atoms with Crippen molar-refractivity contribution >= 4 is 11.6 Å². The largest absolute Gasteiger partial charge is 0.366 e. The summed E-state index contributed by atoms with van der Waals surface area (Å²) in [5.41, 5.74) is 2.77. The summed E-state index contributed by atoms with van der Waals surface area (Å²) in [4.78, 5) is 16.3. The van der Waals surface area contributed by atoms with E-state index in [0.29, 0.717) is 18.4 Å². The predicted molar refractivity (Wildman–Crippen MR) is 68.2 cm³/mol. The van der Waals surface area contributed by atoms with E-state index in [2.05, 4.69) is 36.1 Å². The van der Waals surface area contributed by atoms with Crippen LogP contribution in [0.25, 0.3) is 0 Å². The van der Waals surface area contributed by atoms with E-state index in [9.17, 15) is 4.79 Å². The van der Waals surface area contributed by atoms with Crippen molar-refractivity contribution in [2.45, 2.75) is 25.8 Å². The number of anilines is 1. The van der Waals surface area contributed by atoms with E-state index in [1.54, 1.807) is 0 Å². The molecule has 1 aromatic rings. The molecule has 1 saturated heterocycles. The summed E-state index contributed by atoms with van der Waals surface area (Å²) in [5, 5.41) is 0. The van der Waals surface area contributed by atoms with E-state index in [1.165, 1.54) is 11.3 Å². The lowest BCUT2D eigenvalue weighted by Crippen LogP contribution is -2.39. The zero-order chi connectivity index (χ0) is 11.8. The van der Waals surface area contributed by atoms with Gasteiger partial charge in [-0.2, -0.15) is 0 Å². The summed E-state index contributed by atoms with van der Waals surface area (Å²) in [5.74, 6) is 0.305. The van der Waals surface area contributed by atoms with Crippen LogP contribution in [0.1, 0.15) is 18.9 Å². The number of para-hydroxylation sites is 1. The van der Waals surface area contributed by atoms with E-state index in [1.807, 2.05) is 4.90 Å². The van der Waals surface area contributed by atoms with Gasteiger partial charge in [0.1, 0.15) is 0 Å². The number of carbonyl (C=O) groups is 1. The summed E-state index contributed by atoms with van der Waals surface area (Å²) in [6, 6.07) is 9.07. The van der Waals surface area contributed by atoms with Crippen molar-refractivity contribution in [1.29, 1.82) is 0 Å². The summed E-state index contributed by atoms with van der Waals surface area (Å²) in [7, 11) is 0. The molecule has 1 atom stereocenters. The second kappa shape index (κ2) is 4.06. The number of benzene rings is 1. The minimum absolute atomic E-state index is 0.305. The molecule has 3 heteroatoms. The van der Waals surface area contributed by atoms with Gasteiger partial charge in [-0.05, 0) is 25.0 Å². The first kappa shape index (κ1) is 10.6. The summed E-state index contributed by atoms with van der Waals surface area (Å²) in [6.07, 6.45) is 1.73. The maximum absolute atomic E-state index is 11.9. The SMILES string of the molecule is CCN1CC2Cc3ccccc3N2CCC1=O. The number of nitrogens with zero attached hydrogens (tertiary/aromatic N) is 2. The Morgan fingerprint density at radius 2 is 2.18 bits per heavy atom. The number of hydrogen-bond acceptors (Lipinski definition) is 2. The van der Waals surface area contributed by atoms with Crippen LogP contribution in [0.4, 0.5) is 5.69 Å². The zero-order valence-corrected chi connectivity index (χ0v) is 10.2. The van der Waals surface area contributed by atoms with Crippen LogP contribution in [0.2, 0.25) is 0 Å². The van der Waals surface area contributed by atoms with Gasteiger partial charge in [0, 0.05) is 31.7 Å². The molecule has 0 radical (unpaired) electrons. The normalized spacial score (nSPS) is 23.4. The number of likely N-dealkylation sites (N-methyl/N-ethyl adjacent to an activating group) is 1. The molecule has 0 aliphatic carbocycles. The maximum atomic E-state index is 11.9. The highest BCUT2D eigenvalue weighted by atomic mass is 16.2. The third-order valence-corrected chi connectivity index (χ3v) is 3.93. The van der Waals surface area contributed by atoms with Gasteiger partial charge in [-0.3, -0.25) is 4.79 Å². The minimum atomic E-state index is 0.305. The smallest absolute Gasteiger partial charge is 0.224 e. The fraction of sp³-hybridized carbons (Fsp3) is 0.500. The second-order valence-corrected chi connectivity index (χ2v) is 4.86. The Bertz CT molecular complexity index is 444. The van der Waals surface area contributed by atoms with Crippen LogP contribution in [0.5, 0.6) is 0 Å². The second-order valence-electron chi connectivity index (χ2n) is 4.86. The standard InChI is InChI=1S/C14H18N2O/c1-2-15-10-12-9-11-5-3-4-6-13(11)16(12)8-7-14(15)17/h3-6,12H,2,7-10H2,1H3. The fourth-order valence-electron chi connectivity index (χ4n) is 3.03. The number of carbonyl (C=O) groups excluding carboxylic acids is 1. The monoisotopic (exact) mass is 230 g/mol. The van der Waals surface area contributed by atoms with Gasteiger partial charge in [0.15, 0.2) is 0 Å². The molecule has 1 aromatic carbocycles. The van der Waals surface area contributed by atoms with Crippen molar-refractivity contribution in [2.75, 3.05) is 24.5 Å². The highest BCUT2D eigenvalue weighted by Gasteiger charge is 2.33. The summed E-state index contributed by atoms with van der Waals surface area (Å²) in [6.45, 7) is 4.65. The molecular weight excluding hydrogens is 212 g/mol. The first-order valence-corrected chi connectivity index (χ1v) is 6.42. The van der Waals surface area contributed by atoms with Gasteiger partial charge < -0.3 is 9.80 Å². The molecule has 2 aliphatic rings. The number of rotatable bonds is 1.